The van der Waals surface area contributed by atoms with Crippen LogP contribution in [0.25, 0.3) is 11.0 Å². The van der Waals surface area contributed by atoms with Crippen LogP contribution in [-0.2, 0) is 17.6 Å². The largest absolute Gasteiger partial charge is 0.384 e. The minimum absolute atomic E-state index is 0.0403. The lowest BCUT2D eigenvalue weighted by molar-refractivity contribution is -0.125. The van der Waals surface area contributed by atoms with Crippen molar-refractivity contribution in [2.24, 2.45) is 5.92 Å². The summed E-state index contributed by atoms with van der Waals surface area (Å²) in [6.07, 6.45) is 5.15. The molecule has 1 amide bonds. The summed E-state index contributed by atoms with van der Waals surface area (Å²) >= 11 is 0. The molecule has 4 rings (SSSR count). The highest BCUT2D eigenvalue weighted by atomic mass is 16.1. The second-order valence-corrected chi connectivity index (χ2v) is 6.57. The van der Waals surface area contributed by atoms with Crippen molar-refractivity contribution < 1.29 is 4.79 Å². The van der Waals surface area contributed by atoms with Gasteiger partial charge < -0.3 is 15.6 Å². The van der Waals surface area contributed by atoms with E-state index < -0.39 is 0 Å². The molecular weight excluding hydrogens is 312 g/mol. The molecule has 0 saturated heterocycles. The Kier molecular flexibility index (Phi) is 4.14. The number of aromatic amines is 1. The fraction of sp³-hybridized carbons (Fsp3) is 0.250. The number of hydrogen-bond acceptors (Lipinski definition) is 3. The van der Waals surface area contributed by atoms with Gasteiger partial charge in [-0.1, -0.05) is 30.3 Å². The molecule has 1 radical (unpaired) electrons. The maximum absolute atomic E-state index is 12.7. The number of carbonyl (C=O) groups excluding carboxylic acids is 1. The average molecular weight is 333 g/mol. The van der Waals surface area contributed by atoms with E-state index in [1.165, 1.54) is 5.56 Å². The quantitative estimate of drug-likeness (QED) is 0.687. The van der Waals surface area contributed by atoms with Crippen LogP contribution in [-0.4, -0.2) is 28.5 Å². The summed E-state index contributed by atoms with van der Waals surface area (Å²) in [5.41, 5.74) is 4.20. The molecule has 0 spiro atoms. The summed E-state index contributed by atoms with van der Waals surface area (Å²) in [6, 6.07) is 11.9. The molecule has 0 fully saturated rings. The number of hydrogen-bond donors (Lipinski definition) is 3. The van der Waals surface area contributed by atoms with Crippen molar-refractivity contribution >= 4 is 22.6 Å². The van der Waals surface area contributed by atoms with E-state index in [-0.39, 0.29) is 17.9 Å². The third-order valence-corrected chi connectivity index (χ3v) is 4.70. The zero-order chi connectivity index (χ0) is 17.2. The summed E-state index contributed by atoms with van der Waals surface area (Å²) in [7, 11) is 0. The molecule has 1 aliphatic rings. The Labute approximate surface area is 146 Å². The van der Waals surface area contributed by atoms with E-state index in [9.17, 15) is 4.79 Å². The van der Waals surface area contributed by atoms with E-state index in [4.69, 9.17) is 0 Å². The number of anilines is 1. The highest BCUT2D eigenvalue weighted by Crippen LogP contribution is 2.30. The van der Waals surface area contributed by atoms with Crippen LogP contribution in [0, 0.1) is 12.8 Å². The predicted molar refractivity (Wildman–Crippen MR) is 99.2 cm³/mol. The molecule has 0 aliphatic carbocycles. The molecule has 2 aromatic heterocycles. The molecule has 5 heteroatoms. The van der Waals surface area contributed by atoms with Crippen LogP contribution in [0.1, 0.15) is 11.1 Å². The predicted octanol–water partition coefficient (Wildman–Crippen LogP) is 2.71. The lowest BCUT2D eigenvalue weighted by Crippen LogP contribution is -2.41. The Morgan fingerprint density at radius 3 is 3.00 bits per heavy atom. The number of pyridine rings is 1. The van der Waals surface area contributed by atoms with Crippen molar-refractivity contribution in [1.29, 1.82) is 0 Å². The molecule has 0 bridgehead atoms. The topological polar surface area (TPSA) is 69.8 Å². The third-order valence-electron chi connectivity index (χ3n) is 4.70. The van der Waals surface area contributed by atoms with Gasteiger partial charge in [0.25, 0.3) is 0 Å². The normalized spacial score (nSPS) is 17.6. The summed E-state index contributed by atoms with van der Waals surface area (Å²) in [5, 5.41) is 7.54. The van der Waals surface area contributed by atoms with Gasteiger partial charge in [-0.2, -0.15) is 0 Å². The number of nitrogens with one attached hydrogen (secondary N) is 3. The van der Waals surface area contributed by atoms with Crippen molar-refractivity contribution in [3.05, 3.63) is 66.8 Å². The summed E-state index contributed by atoms with van der Waals surface area (Å²) < 4.78 is 0. The lowest BCUT2D eigenvalue weighted by Gasteiger charge is -2.19. The SMILES string of the molecule is [CH2][C@@H](Cc1ccccc1)NC(=O)C1CNc2ccnc3[nH]cc(c23)C1. The standard InChI is InChI=1S/C20H21N4O/c1-13(9-14-5-3-2-4-6-14)24-20(25)16-10-15-11-23-19-18(15)17(22-12-16)7-8-21-19/h2-8,11,13,16,22H,1,9-10,12H2,(H,21,23)(H,24,25)/t13-,16?/m0/s1. The van der Waals surface area contributed by atoms with Crippen LogP contribution in [0.15, 0.2) is 48.8 Å². The van der Waals surface area contributed by atoms with Crippen molar-refractivity contribution in [2.75, 3.05) is 11.9 Å². The van der Waals surface area contributed by atoms with E-state index in [1.807, 2.05) is 30.5 Å². The maximum atomic E-state index is 12.7. The van der Waals surface area contributed by atoms with Crippen LogP contribution in [0.3, 0.4) is 0 Å². The van der Waals surface area contributed by atoms with Gasteiger partial charge >= 0.3 is 0 Å². The number of nitrogens with zero attached hydrogens (tertiary/aromatic N) is 1. The first kappa shape index (κ1) is 15.7. The fourth-order valence-electron chi connectivity index (χ4n) is 3.46. The van der Waals surface area contributed by atoms with Gasteiger partial charge in [0.2, 0.25) is 5.91 Å². The number of carbonyl (C=O) groups is 1. The lowest BCUT2D eigenvalue weighted by atomic mass is 9.99. The first-order valence-corrected chi connectivity index (χ1v) is 8.57. The molecule has 25 heavy (non-hydrogen) atoms. The number of aromatic nitrogens is 2. The van der Waals surface area contributed by atoms with Gasteiger partial charge in [0.1, 0.15) is 5.65 Å². The van der Waals surface area contributed by atoms with Gasteiger partial charge in [-0.05, 0) is 37.0 Å². The van der Waals surface area contributed by atoms with Crippen LogP contribution >= 0.6 is 0 Å². The molecule has 1 aliphatic heterocycles. The van der Waals surface area contributed by atoms with E-state index in [0.717, 1.165) is 28.7 Å². The van der Waals surface area contributed by atoms with E-state index >= 15 is 0 Å². The molecule has 1 unspecified atom stereocenters. The summed E-state index contributed by atoms with van der Waals surface area (Å²) in [5.74, 6) is -0.0926. The Morgan fingerprint density at radius 1 is 1.32 bits per heavy atom. The zero-order valence-corrected chi connectivity index (χ0v) is 14.0. The number of rotatable bonds is 4. The minimum atomic E-state index is -0.145. The Balaban J connectivity index is 1.45. The number of H-pyrrole nitrogens is 1. The van der Waals surface area contributed by atoms with Gasteiger partial charge in [0.05, 0.1) is 5.92 Å². The Morgan fingerprint density at radius 2 is 2.16 bits per heavy atom. The first-order valence-electron chi connectivity index (χ1n) is 8.57. The van der Waals surface area contributed by atoms with E-state index in [2.05, 4.69) is 39.7 Å². The van der Waals surface area contributed by atoms with Crippen molar-refractivity contribution in [3.63, 3.8) is 0 Å². The van der Waals surface area contributed by atoms with Gasteiger partial charge in [-0.3, -0.25) is 4.79 Å². The second kappa shape index (κ2) is 6.59. The van der Waals surface area contributed by atoms with Crippen molar-refractivity contribution in [3.8, 4) is 0 Å². The molecule has 127 valence electrons. The third kappa shape index (κ3) is 3.22. The zero-order valence-electron chi connectivity index (χ0n) is 14.0. The molecule has 5 nitrogen and oxygen atoms in total. The van der Waals surface area contributed by atoms with Gasteiger partial charge in [-0.25, -0.2) is 4.98 Å². The Bertz CT molecular complexity index is 887. The van der Waals surface area contributed by atoms with Gasteiger partial charge in [0, 0.05) is 36.1 Å². The van der Waals surface area contributed by atoms with Gasteiger partial charge in [-0.15, -0.1) is 0 Å². The van der Waals surface area contributed by atoms with E-state index in [0.29, 0.717) is 13.0 Å². The van der Waals surface area contributed by atoms with E-state index in [1.54, 1.807) is 6.20 Å². The smallest absolute Gasteiger partial charge is 0.225 e. The Hall–Kier alpha value is -2.82. The highest BCUT2D eigenvalue weighted by Gasteiger charge is 2.25. The molecular formula is C20H21N4O. The minimum Gasteiger partial charge on any atom is -0.384 e. The van der Waals surface area contributed by atoms with Crippen LogP contribution < -0.4 is 10.6 Å². The molecule has 0 saturated carbocycles. The van der Waals surface area contributed by atoms with Gasteiger partial charge in [0.15, 0.2) is 0 Å². The monoisotopic (exact) mass is 333 g/mol. The first-order chi connectivity index (χ1) is 12.2. The number of amides is 1. The highest BCUT2D eigenvalue weighted by molar-refractivity contribution is 5.94. The van der Waals surface area contributed by atoms with Crippen molar-refractivity contribution in [2.45, 2.75) is 18.9 Å². The maximum Gasteiger partial charge on any atom is 0.225 e. The number of benzene rings is 1. The molecule has 3 aromatic rings. The van der Waals surface area contributed by atoms with Crippen LogP contribution in [0.5, 0.6) is 0 Å². The summed E-state index contributed by atoms with van der Waals surface area (Å²) in [4.78, 5) is 20.3. The van der Waals surface area contributed by atoms with Crippen LogP contribution in [0.4, 0.5) is 5.69 Å². The fourth-order valence-corrected chi connectivity index (χ4v) is 3.46. The average Bonchev–Trinajstić information content (AvgIpc) is 2.92. The molecule has 2 atom stereocenters. The molecule has 3 heterocycles. The van der Waals surface area contributed by atoms with Crippen molar-refractivity contribution in [1.82, 2.24) is 15.3 Å². The molecule has 3 N–H and O–H groups in total. The summed E-state index contributed by atoms with van der Waals surface area (Å²) in [6.45, 7) is 4.70. The second-order valence-electron chi connectivity index (χ2n) is 6.57. The molecule has 1 aromatic carbocycles. The van der Waals surface area contributed by atoms with Crippen LogP contribution in [0.2, 0.25) is 0 Å².